The Hall–Kier alpha value is -0.775. The van der Waals surface area contributed by atoms with Gasteiger partial charge in [-0.15, -0.1) is 0 Å². The Labute approximate surface area is 113 Å². The first-order valence-corrected chi connectivity index (χ1v) is 6.20. The van der Waals surface area contributed by atoms with Gasteiger partial charge in [0.25, 0.3) is 0 Å². The average Bonchev–Trinajstić information content (AvgIpc) is 2.47. The van der Waals surface area contributed by atoms with Gasteiger partial charge in [0, 0.05) is 12.3 Å². The monoisotopic (exact) mass is 269 g/mol. The maximum Gasteiger partial charge on any atom is 0.518 e. The molecule has 0 saturated carbocycles. The van der Waals surface area contributed by atoms with Crippen molar-refractivity contribution in [1.29, 1.82) is 0 Å². The summed E-state index contributed by atoms with van der Waals surface area (Å²) >= 11 is 5.89. The summed E-state index contributed by atoms with van der Waals surface area (Å²) in [6, 6.07) is 1.70. The van der Waals surface area contributed by atoms with Crippen molar-refractivity contribution in [3.05, 3.63) is 17.3 Å². The van der Waals surface area contributed by atoms with Crippen LogP contribution in [0.2, 0.25) is 5.02 Å². The van der Waals surface area contributed by atoms with Crippen LogP contribution in [0, 0.1) is 0 Å². The highest BCUT2D eigenvalue weighted by atomic mass is 35.5. The summed E-state index contributed by atoms with van der Waals surface area (Å²) in [6.45, 7) is 7.98. The summed E-state index contributed by atoms with van der Waals surface area (Å²) in [7, 11) is 1.03. The second-order valence-corrected chi connectivity index (χ2v) is 5.77. The first-order chi connectivity index (χ1) is 8.27. The van der Waals surface area contributed by atoms with Crippen LogP contribution in [0.5, 0.6) is 5.75 Å². The number of rotatable bonds is 2. The van der Waals surface area contributed by atoms with E-state index in [0.717, 1.165) is 0 Å². The Morgan fingerprint density at radius 1 is 1.22 bits per heavy atom. The van der Waals surface area contributed by atoms with Crippen LogP contribution < -0.4 is 10.3 Å². The molecule has 0 atom stereocenters. The second kappa shape index (κ2) is 4.40. The first-order valence-electron chi connectivity index (χ1n) is 5.82. The summed E-state index contributed by atoms with van der Waals surface area (Å²) in [5.74, 6) is 0.570. The Morgan fingerprint density at radius 2 is 1.78 bits per heavy atom. The summed E-state index contributed by atoms with van der Waals surface area (Å²) in [5, 5.41) is 0.520. The lowest BCUT2D eigenvalue weighted by molar-refractivity contribution is 0.00578. The van der Waals surface area contributed by atoms with Gasteiger partial charge in [-0.25, -0.2) is 0 Å². The second-order valence-electron chi connectivity index (χ2n) is 5.33. The van der Waals surface area contributed by atoms with E-state index in [1.165, 1.54) is 0 Å². The minimum Gasteiger partial charge on any atom is -0.495 e. The number of pyridine rings is 1. The van der Waals surface area contributed by atoms with Crippen molar-refractivity contribution in [3.8, 4) is 5.75 Å². The number of hydrogen-bond donors (Lipinski definition) is 0. The molecule has 0 aliphatic carbocycles. The Balaban J connectivity index is 2.35. The number of ether oxygens (including phenoxy) is 1. The fraction of sp³-hybridized carbons (Fsp3) is 0.583. The van der Waals surface area contributed by atoms with Crippen molar-refractivity contribution in [3.63, 3.8) is 0 Å². The fourth-order valence-electron chi connectivity index (χ4n) is 1.73. The summed E-state index contributed by atoms with van der Waals surface area (Å²) in [6.07, 6.45) is 1.56. The predicted octanol–water partition coefficient (Wildman–Crippen LogP) is 2.04. The third-order valence-corrected chi connectivity index (χ3v) is 3.75. The van der Waals surface area contributed by atoms with Crippen molar-refractivity contribution in [2.24, 2.45) is 0 Å². The highest BCUT2D eigenvalue weighted by Gasteiger charge is 2.53. The van der Waals surface area contributed by atoms with Gasteiger partial charge in [-0.1, -0.05) is 11.6 Å². The lowest BCUT2D eigenvalue weighted by Gasteiger charge is -2.32. The maximum atomic E-state index is 5.92. The molecule has 1 aromatic heterocycles. The zero-order chi connectivity index (χ0) is 13.6. The van der Waals surface area contributed by atoms with Gasteiger partial charge in [-0.2, -0.15) is 0 Å². The van der Waals surface area contributed by atoms with Gasteiger partial charge in [0.15, 0.2) is 0 Å². The first kappa shape index (κ1) is 13.7. The minimum atomic E-state index is -0.540. The molecule has 6 heteroatoms. The molecule has 0 aromatic carbocycles. The molecule has 0 radical (unpaired) electrons. The van der Waals surface area contributed by atoms with E-state index in [9.17, 15) is 0 Å². The molecule has 0 bridgehead atoms. The lowest BCUT2D eigenvalue weighted by Crippen LogP contribution is -2.41. The average molecular weight is 270 g/mol. The normalized spacial score (nSPS) is 21.1. The van der Waals surface area contributed by atoms with E-state index in [-0.39, 0.29) is 0 Å². The topological polar surface area (TPSA) is 40.6 Å². The quantitative estimate of drug-likeness (QED) is 0.771. The van der Waals surface area contributed by atoms with Gasteiger partial charge in [0.05, 0.1) is 23.3 Å². The van der Waals surface area contributed by atoms with Crippen LogP contribution >= 0.6 is 11.6 Å². The van der Waals surface area contributed by atoms with Gasteiger partial charge in [0.2, 0.25) is 0 Å². The molecule has 1 aliphatic rings. The van der Waals surface area contributed by atoms with Gasteiger partial charge < -0.3 is 14.0 Å². The van der Waals surface area contributed by atoms with E-state index < -0.39 is 18.3 Å². The zero-order valence-corrected chi connectivity index (χ0v) is 12.0. The molecule has 4 nitrogen and oxygen atoms in total. The van der Waals surface area contributed by atoms with E-state index in [1.807, 2.05) is 27.7 Å². The molecule has 98 valence electrons. The zero-order valence-electron chi connectivity index (χ0n) is 11.3. The molecular weight excluding hydrogens is 252 g/mol. The number of nitrogens with zero attached hydrogens (tertiary/aromatic N) is 1. The summed E-state index contributed by atoms with van der Waals surface area (Å²) in [5.41, 5.74) is -0.186. The third-order valence-electron chi connectivity index (χ3n) is 3.54. The Morgan fingerprint density at radius 3 is 2.28 bits per heavy atom. The maximum absolute atomic E-state index is 5.92. The molecular formula is C12H17BClNO3. The molecule has 0 unspecified atom stereocenters. The van der Waals surface area contributed by atoms with Crippen molar-refractivity contribution < 1.29 is 14.0 Å². The largest absolute Gasteiger partial charge is 0.518 e. The molecule has 2 rings (SSSR count). The van der Waals surface area contributed by atoms with E-state index in [1.54, 1.807) is 19.4 Å². The lowest BCUT2D eigenvalue weighted by atomic mass is 9.83. The van der Waals surface area contributed by atoms with Gasteiger partial charge >= 0.3 is 7.12 Å². The van der Waals surface area contributed by atoms with Gasteiger partial charge in [-0.05, 0) is 27.7 Å². The predicted molar refractivity (Wildman–Crippen MR) is 71.5 cm³/mol. The SMILES string of the molecule is COc1cc(Cl)cnc1B1OC(C)(C)C(C)(C)O1. The molecule has 2 heterocycles. The van der Waals surface area contributed by atoms with Crippen LogP contribution in [0.1, 0.15) is 27.7 Å². The van der Waals surface area contributed by atoms with Crippen molar-refractivity contribution >= 4 is 24.3 Å². The van der Waals surface area contributed by atoms with Crippen LogP contribution in [0.15, 0.2) is 12.3 Å². The highest BCUT2D eigenvalue weighted by molar-refractivity contribution is 6.62. The Kier molecular flexibility index (Phi) is 3.34. The molecule has 18 heavy (non-hydrogen) atoms. The highest BCUT2D eigenvalue weighted by Crippen LogP contribution is 2.37. The van der Waals surface area contributed by atoms with Crippen LogP contribution in [0.4, 0.5) is 0 Å². The number of aromatic nitrogens is 1. The molecule has 1 aliphatic heterocycles. The van der Waals surface area contributed by atoms with E-state index in [0.29, 0.717) is 16.4 Å². The molecule has 0 N–H and O–H groups in total. The smallest absolute Gasteiger partial charge is 0.495 e. The van der Waals surface area contributed by atoms with Crippen molar-refractivity contribution in [2.45, 2.75) is 38.9 Å². The molecule has 0 amide bonds. The summed E-state index contributed by atoms with van der Waals surface area (Å²) < 4.78 is 17.1. The van der Waals surface area contributed by atoms with Crippen molar-refractivity contribution in [1.82, 2.24) is 4.98 Å². The van der Waals surface area contributed by atoms with Gasteiger partial charge in [0.1, 0.15) is 11.3 Å². The Bertz CT molecular complexity index is 449. The van der Waals surface area contributed by atoms with E-state index >= 15 is 0 Å². The third kappa shape index (κ3) is 2.22. The van der Waals surface area contributed by atoms with Crippen LogP contribution in [-0.4, -0.2) is 30.4 Å². The number of methoxy groups -OCH3 is 1. The van der Waals surface area contributed by atoms with E-state index in [4.69, 9.17) is 25.6 Å². The van der Waals surface area contributed by atoms with Gasteiger partial charge in [-0.3, -0.25) is 4.98 Å². The van der Waals surface area contributed by atoms with E-state index in [2.05, 4.69) is 4.98 Å². The number of hydrogen-bond acceptors (Lipinski definition) is 4. The number of halogens is 1. The molecule has 1 saturated heterocycles. The minimum absolute atomic E-state index is 0.399. The standard InChI is InChI=1S/C12H17BClNO3/c1-11(2)12(3,4)18-13(17-11)10-9(16-5)6-8(14)7-15-10/h6-7H,1-5H3. The molecule has 1 fully saturated rings. The van der Waals surface area contributed by atoms with Crippen LogP contribution in [0.25, 0.3) is 0 Å². The van der Waals surface area contributed by atoms with Crippen LogP contribution in [-0.2, 0) is 9.31 Å². The summed E-state index contributed by atoms with van der Waals surface area (Å²) in [4.78, 5) is 4.26. The molecule has 1 aromatic rings. The fourth-order valence-corrected chi connectivity index (χ4v) is 1.87. The molecule has 0 spiro atoms. The van der Waals surface area contributed by atoms with Crippen LogP contribution in [0.3, 0.4) is 0 Å². The van der Waals surface area contributed by atoms with Crippen molar-refractivity contribution in [2.75, 3.05) is 7.11 Å².